The summed E-state index contributed by atoms with van der Waals surface area (Å²) < 4.78 is 0. The minimum Gasteiger partial charge on any atom is -0.512 e. The van der Waals surface area contributed by atoms with Crippen LogP contribution in [0, 0.1) is 71.9 Å². The molecular formula is C131H148Ir3N6O6-6. The van der Waals surface area contributed by atoms with E-state index in [1.54, 1.807) is 0 Å². The zero-order chi connectivity index (χ0) is 102. The maximum atomic E-state index is 11.7. The normalized spacial score (nSPS) is 11.3. The zero-order valence-electron chi connectivity index (χ0n) is 87.9. The standard InChI is InChI=1S/C33H30N2.C30H24N2.C29H22N2.3C13H24O2.3Ir/c1-24(2)27-20-21-31-28(22-27)23-30(35-33(31)26-14-7-4-8-15-26)17-10-9-16-29-18-11-19-32(34-29)25-12-5-3-6-13-25;1-3-12-23(13-4-1)29-21-11-19-26(31-29)17-8-9-18-27-22-25-16-7-10-20-28(25)30(32-27)24-14-5-2-6-15-24;1-3-11-22(12-4-1)28-20-10-17-25(30-28)16-9-18-26-21-24-15-7-8-19-27(24)29(31-26)23-13-5-2-6-14-23;3*1-5-10(6-2)12(14)9-13(15)11(7-3)8-4;;;/h3-8,11-12,14,18-24H,9-10,16-17H2,1-2H3;1-7,10-12,14,16,19-22H,8-9,17-18H2;1-8,10-11,13,15,17,19-21H,9,16,18H2;3*9-11,14H,5-8H2,1-4H3;;;/q3*-2;;;;;;. The number of allylic oxidation sites excluding steroid dienone is 6. The van der Waals surface area contributed by atoms with Crippen LogP contribution in [-0.4, -0.2) is 62.6 Å². The molecule has 9 aromatic carbocycles. The van der Waals surface area contributed by atoms with Crippen LogP contribution in [0.25, 0.3) is 99.9 Å². The number of carbonyl (C=O) groups excluding carboxylic acids is 3. The SMILES string of the molecule is CC(C)c1ccc2c(-c3[c-]cccc3)nc(CCCCc3cccc(-c4[c-]cccc4)n3)cc2c1.CCC(CC)C(=O)C=C(O)C(CC)CC.CCC(CC)C(=O)C=C(O)C(CC)CC.CCC(CC)C(=O)C=C(O)C(CC)CC.[Ir].[Ir].[Ir].[c-]1ccccc1-c1cccc(CCCCc2cc3ccccc3c(-c3[c-]cccc3)n2)n1.[c-]1ccccc1-c1cccc(CCCc2cc3ccccc3c(-c3[c-]cccc3)n2)n1. The van der Waals surface area contributed by atoms with Crippen LogP contribution in [0.3, 0.4) is 0 Å². The van der Waals surface area contributed by atoms with Crippen molar-refractivity contribution in [3.8, 4) is 67.5 Å². The molecule has 146 heavy (non-hydrogen) atoms. The fourth-order valence-electron chi connectivity index (χ4n) is 17.8. The molecule has 0 aliphatic carbocycles. The smallest absolute Gasteiger partial charge is 0.162 e. The fourth-order valence-corrected chi connectivity index (χ4v) is 17.8. The molecule has 12 nitrogen and oxygen atoms in total. The second-order valence-corrected chi connectivity index (χ2v) is 36.9. The average Bonchev–Trinajstić information content (AvgIpc) is 0.789. The number of nitrogens with zero attached hydrogens (tertiary/aromatic N) is 6. The quantitative estimate of drug-likeness (QED) is 0.0142. The summed E-state index contributed by atoms with van der Waals surface area (Å²) >= 11 is 0. The first kappa shape index (κ1) is 121. The Morgan fingerprint density at radius 2 is 0.500 bits per heavy atom. The Morgan fingerprint density at radius 3 is 0.774 bits per heavy atom. The van der Waals surface area contributed by atoms with E-state index in [1.807, 2.05) is 198 Å². The molecule has 0 spiro atoms. The summed E-state index contributed by atoms with van der Waals surface area (Å²) in [4.78, 5) is 64.8. The van der Waals surface area contributed by atoms with Gasteiger partial charge in [0.1, 0.15) is 0 Å². The van der Waals surface area contributed by atoms with Gasteiger partial charge in [0.25, 0.3) is 0 Å². The van der Waals surface area contributed by atoms with Crippen LogP contribution in [0.2, 0.25) is 0 Å². The van der Waals surface area contributed by atoms with Gasteiger partial charge < -0.3 is 45.2 Å². The van der Waals surface area contributed by atoms with Crippen LogP contribution in [0.15, 0.2) is 321 Å². The Balaban J connectivity index is 0.000000245. The topological polar surface area (TPSA) is 189 Å². The molecule has 6 aromatic heterocycles. The molecule has 3 radical (unpaired) electrons. The first-order valence-electron chi connectivity index (χ1n) is 52.5. The molecule has 0 amide bonds. The molecule has 15 heteroatoms. The third-order valence-electron chi connectivity index (χ3n) is 26.8. The van der Waals surface area contributed by atoms with Gasteiger partial charge in [0.05, 0.1) is 17.3 Å². The van der Waals surface area contributed by atoms with Gasteiger partial charge in [0.2, 0.25) is 0 Å². The van der Waals surface area contributed by atoms with E-state index in [2.05, 4.69) is 220 Å². The van der Waals surface area contributed by atoms with Crippen molar-refractivity contribution in [2.45, 2.75) is 251 Å². The summed E-state index contributed by atoms with van der Waals surface area (Å²) in [5, 5.41) is 36.5. The van der Waals surface area contributed by atoms with Gasteiger partial charge in [-0.25, -0.2) is 0 Å². The van der Waals surface area contributed by atoms with E-state index in [-0.39, 0.29) is 130 Å². The van der Waals surface area contributed by atoms with Crippen LogP contribution in [0.4, 0.5) is 0 Å². The summed E-state index contributed by atoms with van der Waals surface area (Å²) in [6, 6.07) is 117. The molecule has 15 rings (SSSR count). The van der Waals surface area contributed by atoms with Gasteiger partial charge in [-0.15, -0.1) is 215 Å². The van der Waals surface area contributed by atoms with Crippen LogP contribution in [0.1, 0.15) is 252 Å². The fraction of sp³-hybridized carbons (Fsp3) is 0.336. The van der Waals surface area contributed by atoms with Gasteiger partial charge in [-0.3, -0.25) is 14.4 Å². The van der Waals surface area contributed by atoms with Crippen molar-refractivity contribution in [1.82, 2.24) is 29.9 Å². The van der Waals surface area contributed by atoms with Crippen molar-refractivity contribution in [2.75, 3.05) is 0 Å². The number of aliphatic hydroxyl groups excluding tert-OH is 3. The van der Waals surface area contributed by atoms with Crippen molar-refractivity contribution < 1.29 is 90.0 Å². The van der Waals surface area contributed by atoms with Crippen molar-refractivity contribution in [3.05, 3.63) is 397 Å². The number of rotatable bonds is 42. The second kappa shape index (κ2) is 66.5. The van der Waals surface area contributed by atoms with E-state index >= 15 is 0 Å². The van der Waals surface area contributed by atoms with E-state index in [1.165, 1.54) is 56.1 Å². The number of unbranched alkanes of at least 4 members (excludes halogenated alkanes) is 2. The molecule has 15 aromatic rings. The molecule has 0 atom stereocenters. The molecule has 771 valence electrons. The summed E-state index contributed by atoms with van der Waals surface area (Å²) in [6.45, 7) is 28.7. The van der Waals surface area contributed by atoms with E-state index in [9.17, 15) is 29.7 Å². The first-order chi connectivity index (χ1) is 69.7. The maximum Gasteiger partial charge on any atom is 0.162 e. The molecular weight excluding hydrogens is 2330 g/mol. The molecule has 0 aliphatic heterocycles. The van der Waals surface area contributed by atoms with E-state index < -0.39 is 0 Å². The Hall–Kier alpha value is -11.8. The van der Waals surface area contributed by atoms with Crippen LogP contribution in [0.5, 0.6) is 0 Å². The van der Waals surface area contributed by atoms with E-state index in [4.69, 9.17) is 29.9 Å². The Morgan fingerprint density at radius 1 is 0.253 bits per heavy atom. The molecule has 0 saturated heterocycles. The molecule has 0 saturated carbocycles. The minimum atomic E-state index is 0. The molecule has 6 heterocycles. The number of ketones is 3. The summed E-state index contributed by atoms with van der Waals surface area (Å²) in [5.41, 5.74) is 20.4. The second-order valence-electron chi connectivity index (χ2n) is 36.9. The number of aryl methyl sites for hydroxylation is 6. The number of hydrogen-bond acceptors (Lipinski definition) is 12. The predicted octanol–water partition coefficient (Wildman–Crippen LogP) is 33.7. The van der Waals surface area contributed by atoms with Crippen molar-refractivity contribution in [2.24, 2.45) is 35.5 Å². The van der Waals surface area contributed by atoms with Gasteiger partial charge >= 0.3 is 0 Å². The molecule has 0 fully saturated rings. The summed E-state index contributed by atoms with van der Waals surface area (Å²) in [6.07, 6.45) is 25.7. The van der Waals surface area contributed by atoms with Crippen molar-refractivity contribution in [3.63, 3.8) is 0 Å². The van der Waals surface area contributed by atoms with Crippen molar-refractivity contribution in [1.29, 1.82) is 0 Å². The summed E-state index contributed by atoms with van der Waals surface area (Å²) in [7, 11) is 0. The zero-order valence-corrected chi connectivity index (χ0v) is 95.1. The Kier molecular flexibility index (Phi) is 55.2. The molecule has 0 unspecified atom stereocenters. The number of aromatic nitrogens is 6. The van der Waals surface area contributed by atoms with Crippen LogP contribution in [-0.2, 0) is 113 Å². The third kappa shape index (κ3) is 37.9. The van der Waals surface area contributed by atoms with Gasteiger partial charge in [-0.05, 0) is 262 Å². The summed E-state index contributed by atoms with van der Waals surface area (Å²) in [5.74, 6) is 2.14. The van der Waals surface area contributed by atoms with Crippen molar-refractivity contribution >= 4 is 49.7 Å². The average molecular weight is 2480 g/mol. The van der Waals surface area contributed by atoms with Gasteiger partial charge in [-0.2, -0.15) is 0 Å². The first-order valence-corrected chi connectivity index (χ1v) is 52.5. The number of pyridine rings is 6. The number of carbonyl (C=O) groups is 3. The Bertz CT molecular complexity index is 6340. The Labute approximate surface area is 912 Å². The van der Waals surface area contributed by atoms with E-state index in [0.29, 0.717) is 5.92 Å². The molecule has 0 bridgehead atoms. The minimum absolute atomic E-state index is 0. The monoisotopic (exact) mass is 2480 g/mol. The third-order valence-corrected chi connectivity index (χ3v) is 26.8. The van der Waals surface area contributed by atoms with E-state index in [0.717, 1.165) is 249 Å². The van der Waals surface area contributed by atoms with Gasteiger partial charge in [-0.1, -0.05) is 200 Å². The molecule has 3 N–H and O–H groups in total. The number of fused-ring (bicyclic) bond motifs is 3. The maximum absolute atomic E-state index is 11.7. The van der Waals surface area contributed by atoms with Gasteiger partial charge in [0.15, 0.2) is 17.3 Å². The molecule has 0 aliphatic rings. The largest absolute Gasteiger partial charge is 0.512 e. The number of benzene rings is 9. The van der Waals surface area contributed by atoms with Gasteiger partial charge in [0, 0.05) is 148 Å². The number of hydrogen-bond donors (Lipinski definition) is 3. The number of aliphatic hydroxyl groups is 3. The van der Waals surface area contributed by atoms with Crippen LogP contribution >= 0.6 is 0 Å². The predicted molar refractivity (Wildman–Crippen MR) is 595 cm³/mol. The van der Waals surface area contributed by atoms with Crippen LogP contribution < -0.4 is 0 Å².